The summed E-state index contributed by atoms with van der Waals surface area (Å²) in [5.41, 5.74) is 12.8. The molecule has 360 valence electrons. The molecule has 4 aromatic carbocycles. The second-order valence-corrected chi connectivity index (χ2v) is 24.5. The molecular formula is C52H63N5O10Si. The summed E-state index contributed by atoms with van der Waals surface area (Å²) >= 11 is 0. The Hall–Kier alpha value is -6.49. The largest absolute Gasteiger partial charge is 0.540 e. The number of hydrogen-bond donors (Lipinski definition) is 5. The number of aliphatic hydroxyl groups excluding tert-OH is 1. The molecule has 3 amide bonds. The predicted molar refractivity (Wildman–Crippen MR) is 263 cm³/mol. The van der Waals surface area contributed by atoms with E-state index in [-0.39, 0.29) is 46.8 Å². The van der Waals surface area contributed by atoms with E-state index >= 15 is 0 Å². The number of carbonyl (C=O) groups excluding carboxylic acids is 4. The summed E-state index contributed by atoms with van der Waals surface area (Å²) in [5, 5.41) is 25.0. The molecule has 3 aliphatic rings. The standard InChI is InChI=1S/C52H63N5O10Si/c1-28(2)46(47(58)51(62)66-27-41-38-17-13-11-15-36(38)37-16-12-14-18-39(37)41)53-48(59)32(9)54-55-35-21-19-33(20-22-35)34-23-43-50(61)57(52(63)64)42-25-45(67-68(29(3)4,30(5)6)31(7)8)44(65-10)24-40(42)49(60)56(43)26-34/h11-22,24-26,28-32,41,43,46,50,54-55,61H,23,27H2,1-10H3,(H,53,59)(H,63,64)/t32?,43-,46?,50-/m0/s1. The highest BCUT2D eigenvalue weighted by Crippen LogP contribution is 2.49. The summed E-state index contributed by atoms with van der Waals surface area (Å²) in [6.07, 6.45) is -1.25. The lowest BCUT2D eigenvalue weighted by atomic mass is 9.97. The van der Waals surface area contributed by atoms with Gasteiger partial charge in [-0.1, -0.05) is 116 Å². The van der Waals surface area contributed by atoms with Crippen molar-refractivity contribution < 1.29 is 48.1 Å². The number of anilines is 2. The van der Waals surface area contributed by atoms with Gasteiger partial charge in [-0.2, -0.15) is 0 Å². The number of benzene rings is 4. The molecule has 0 spiro atoms. The number of nitrogens with one attached hydrogen (secondary N) is 3. The van der Waals surface area contributed by atoms with Crippen molar-refractivity contribution in [1.29, 1.82) is 0 Å². The van der Waals surface area contributed by atoms with Crippen molar-refractivity contribution >= 4 is 54.9 Å². The highest BCUT2D eigenvalue weighted by atomic mass is 28.4. The van der Waals surface area contributed by atoms with Crippen LogP contribution in [0.25, 0.3) is 16.7 Å². The Morgan fingerprint density at radius 2 is 1.38 bits per heavy atom. The minimum absolute atomic E-state index is 0.0158. The van der Waals surface area contributed by atoms with Crippen molar-refractivity contribution in [1.82, 2.24) is 15.6 Å². The number of carbonyl (C=O) groups is 5. The zero-order valence-corrected chi connectivity index (χ0v) is 41.3. The molecule has 15 nitrogen and oxygen atoms in total. The van der Waals surface area contributed by atoms with E-state index in [9.17, 15) is 34.2 Å². The van der Waals surface area contributed by atoms with Gasteiger partial charge in [-0.25, -0.2) is 19.9 Å². The van der Waals surface area contributed by atoms with E-state index in [4.69, 9.17) is 13.9 Å². The second-order valence-electron chi connectivity index (χ2n) is 19.1. The zero-order chi connectivity index (χ0) is 49.4. The van der Waals surface area contributed by atoms with Crippen LogP contribution in [-0.4, -0.2) is 91.2 Å². The Balaban J connectivity index is 0.995. The van der Waals surface area contributed by atoms with Gasteiger partial charge in [0.25, 0.3) is 20.0 Å². The number of Topliss-reactive ketones (excluding diaryl/α,β-unsaturated/α-hetero) is 1. The van der Waals surface area contributed by atoms with Crippen molar-refractivity contribution in [2.45, 2.75) is 116 Å². The van der Waals surface area contributed by atoms with Crippen LogP contribution in [0.1, 0.15) is 102 Å². The topological polar surface area (TPSA) is 196 Å². The van der Waals surface area contributed by atoms with Gasteiger partial charge in [0.2, 0.25) is 5.91 Å². The summed E-state index contributed by atoms with van der Waals surface area (Å²) < 4.78 is 18.3. The van der Waals surface area contributed by atoms with Gasteiger partial charge in [-0.3, -0.25) is 14.4 Å². The maximum Gasteiger partial charge on any atom is 0.414 e. The summed E-state index contributed by atoms with van der Waals surface area (Å²) in [4.78, 5) is 69.5. The molecule has 7 rings (SSSR count). The molecule has 0 aromatic heterocycles. The molecule has 2 aliphatic heterocycles. The average Bonchev–Trinajstić information content (AvgIpc) is 3.88. The SMILES string of the molecule is COc1cc2c(cc1O[Si](C(C)C)(C(C)C)C(C)C)N(C(=O)O)[C@@H](O)[C@@H]1CC(c3ccc(NNC(C)C(=O)NC(C(=O)C(=O)OCC4c5ccccc5-c5ccccc54)C(C)C)cc3)=CN1C2=O. The molecule has 2 unspecified atom stereocenters. The number of methoxy groups -OCH3 is 1. The molecule has 4 aromatic rings. The third-order valence-corrected chi connectivity index (χ3v) is 19.8. The first-order chi connectivity index (χ1) is 32.3. The maximum atomic E-state index is 14.4. The summed E-state index contributed by atoms with van der Waals surface area (Å²) in [7, 11) is -1.07. The lowest BCUT2D eigenvalue weighted by Gasteiger charge is -2.42. The van der Waals surface area contributed by atoms with Gasteiger partial charge in [-0.05, 0) is 87.5 Å². The van der Waals surface area contributed by atoms with Gasteiger partial charge in [0.05, 0.1) is 24.4 Å². The number of esters is 1. The molecule has 0 saturated carbocycles. The van der Waals surface area contributed by atoms with Crippen LogP contribution in [0.4, 0.5) is 16.2 Å². The molecule has 2 heterocycles. The molecule has 1 aliphatic carbocycles. The lowest BCUT2D eigenvalue weighted by Crippen LogP contribution is -2.53. The molecule has 5 N–H and O–H groups in total. The van der Waals surface area contributed by atoms with Gasteiger partial charge in [0, 0.05) is 23.9 Å². The number of fused-ring (bicyclic) bond motifs is 5. The van der Waals surface area contributed by atoms with Crippen LogP contribution in [0.15, 0.2) is 91.1 Å². The Morgan fingerprint density at radius 1 is 0.794 bits per heavy atom. The number of rotatable bonds is 17. The van der Waals surface area contributed by atoms with Crippen molar-refractivity contribution in [3.05, 3.63) is 113 Å². The Kier molecular flexibility index (Phi) is 14.5. The third-order valence-electron chi connectivity index (χ3n) is 13.8. The fraction of sp³-hybridized carbons (Fsp3) is 0.404. The monoisotopic (exact) mass is 945 g/mol. The van der Waals surface area contributed by atoms with Crippen LogP contribution in [0.3, 0.4) is 0 Å². The quantitative estimate of drug-likeness (QED) is 0.0293. The van der Waals surface area contributed by atoms with Crippen molar-refractivity contribution in [3.63, 3.8) is 0 Å². The molecule has 16 heteroatoms. The summed E-state index contributed by atoms with van der Waals surface area (Å²) in [6, 6.07) is 23.1. The van der Waals surface area contributed by atoms with E-state index in [1.807, 2.05) is 48.5 Å². The number of carboxylic acid groups (broad SMARTS) is 1. The van der Waals surface area contributed by atoms with E-state index in [2.05, 4.69) is 57.7 Å². The number of ketones is 1. The van der Waals surface area contributed by atoms with E-state index in [0.29, 0.717) is 22.8 Å². The van der Waals surface area contributed by atoms with Crippen molar-refractivity contribution in [2.75, 3.05) is 24.0 Å². The van der Waals surface area contributed by atoms with E-state index in [1.165, 1.54) is 24.1 Å². The van der Waals surface area contributed by atoms with Gasteiger partial charge in [-0.15, -0.1) is 0 Å². The maximum absolute atomic E-state index is 14.4. The number of hydrogen-bond acceptors (Lipinski definition) is 11. The van der Waals surface area contributed by atoms with Crippen molar-refractivity contribution in [3.8, 4) is 22.6 Å². The van der Waals surface area contributed by atoms with E-state index < -0.39 is 68.2 Å². The normalized spacial score (nSPS) is 17.5. The van der Waals surface area contributed by atoms with E-state index in [1.54, 1.807) is 51.2 Å². The van der Waals surface area contributed by atoms with Crippen LogP contribution >= 0.6 is 0 Å². The van der Waals surface area contributed by atoms with Gasteiger partial charge < -0.3 is 39.8 Å². The Bertz CT molecular complexity index is 2550. The van der Waals surface area contributed by atoms with Crippen LogP contribution in [0, 0.1) is 5.92 Å². The molecule has 0 radical (unpaired) electrons. The zero-order valence-electron chi connectivity index (χ0n) is 40.3. The fourth-order valence-corrected chi connectivity index (χ4v) is 15.5. The number of nitrogens with zero attached hydrogens (tertiary/aromatic N) is 2. The molecule has 0 bridgehead atoms. The Morgan fingerprint density at radius 3 is 1.93 bits per heavy atom. The number of ether oxygens (including phenoxy) is 2. The lowest BCUT2D eigenvalue weighted by molar-refractivity contribution is -0.155. The molecule has 4 atom stereocenters. The van der Waals surface area contributed by atoms with Gasteiger partial charge in [0.1, 0.15) is 24.4 Å². The predicted octanol–water partition coefficient (Wildman–Crippen LogP) is 8.69. The molecular weight excluding hydrogens is 883 g/mol. The minimum Gasteiger partial charge on any atom is -0.540 e. The van der Waals surface area contributed by atoms with Crippen LogP contribution in [0.2, 0.25) is 16.6 Å². The highest BCUT2D eigenvalue weighted by molar-refractivity contribution is 6.78. The fourth-order valence-electron chi connectivity index (χ4n) is 10.3. The van der Waals surface area contributed by atoms with Crippen molar-refractivity contribution in [2.24, 2.45) is 5.92 Å². The first-order valence-electron chi connectivity index (χ1n) is 23.3. The van der Waals surface area contributed by atoms with Crippen LogP contribution in [0.5, 0.6) is 11.5 Å². The van der Waals surface area contributed by atoms with Crippen LogP contribution < -0.4 is 30.2 Å². The van der Waals surface area contributed by atoms with E-state index in [0.717, 1.165) is 32.7 Å². The number of aliphatic hydroxyl groups is 1. The number of amides is 3. The molecule has 68 heavy (non-hydrogen) atoms. The Labute approximate surface area is 398 Å². The first-order valence-corrected chi connectivity index (χ1v) is 25.4. The summed E-state index contributed by atoms with van der Waals surface area (Å²) in [6.45, 7) is 17.9. The van der Waals surface area contributed by atoms with Gasteiger partial charge >= 0.3 is 12.1 Å². The highest BCUT2D eigenvalue weighted by Gasteiger charge is 2.49. The average molecular weight is 946 g/mol. The van der Waals surface area contributed by atoms with Crippen LogP contribution in [-0.2, 0) is 19.1 Å². The minimum atomic E-state index is -2.55. The summed E-state index contributed by atoms with van der Waals surface area (Å²) in [5.74, 6) is -2.87. The smallest absolute Gasteiger partial charge is 0.414 e. The molecule has 0 saturated heterocycles. The number of hydrazine groups is 1. The van der Waals surface area contributed by atoms with Gasteiger partial charge in [0.15, 0.2) is 12.0 Å². The second kappa shape index (κ2) is 20.0. The molecule has 0 fully saturated rings. The third kappa shape index (κ3) is 9.24. The first kappa shape index (κ1) is 49.4.